The summed E-state index contributed by atoms with van der Waals surface area (Å²) in [4.78, 5) is 23.6. The van der Waals surface area contributed by atoms with Crippen molar-refractivity contribution in [1.29, 1.82) is 0 Å². The lowest BCUT2D eigenvalue weighted by atomic mass is 10.0. The fourth-order valence-electron chi connectivity index (χ4n) is 4.29. The molecule has 0 N–H and O–H groups in total. The van der Waals surface area contributed by atoms with E-state index in [1.54, 1.807) is 38.7 Å². The molecule has 0 aliphatic carbocycles. The Labute approximate surface area is 212 Å². The van der Waals surface area contributed by atoms with E-state index in [2.05, 4.69) is 4.98 Å². The van der Waals surface area contributed by atoms with Crippen LogP contribution in [0.15, 0.2) is 54.7 Å². The van der Waals surface area contributed by atoms with E-state index in [4.69, 9.17) is 14.5 Å². The average molecular weight is 526 g/mol. The average Bonchev–Trinajstić information content (AvgIpc) is 3.17. The van der Waals surface area contributed by atoms with Gasteiger partial charge in [-0.15, -0.1) is 0 Å². The zero-order valence-corrected chi connectivity index (χ0v) is 21.4. The fourth-order valence-corrected chi connectivity index (χ4v) is 4.73. The van der Waals surface area contributed by atoms with E-state index < -0.39 is 13.8 Å². The molecule has 0 spiro atoms. The minimum atomic E-state index is -3.02. The molecule has 0 atom stereocenters. The molecule has 1 amide bonds. The number of benzene rings is 2. The first-order valence-corrected chi connectivity index (χ1v) is 14.3. The smallest absolute Gasteiger partial charge is 0.387 e. The summed E-state index contributed by atoms with van der Waals surface area (Å²) < 4.78 is 50.4. The van der Waals surface area contributed by atoms with Gasteiger partial charge in [-0.2, -0.15) is 8.78 Å². The number of hydrogen-bond donors (Lipinski definition) is 0. The van der Waals surface area contributed by atoms with Crippen LogP contribution in [0.4, 0.5) is 8.78 Å². The summed E-state index contributed by atoms with van der Waals surface area (Å²) in [5, 5.41) is 0. The van der Waals surface area contributed by atoms with Gasteiger partial charge in [-0.1, -0.05) is 12.1 Å². The molecule has 0 unspecified atom stereocenters. The quantitative estimate of drug-likeness (QED) is 0.317. The molecule has 0 bridgehead atoms. The van der Waals surface area contributed by atoms with E-state index >= 15 is 0 Å². The third-order valence-electron chi connectivity index (χ3n) is 6.04. The number of pyridine rings is 1. The molecule has 8 nitrogen and oxygen atoms in total. The van der Waals surface area contributed by atoms with Crippen LogP contribution in [0.3, 0.4) is 0 Å². The SMILES string of the molecule is CN1Cc2nc3ccc(-c4ccc(OCP(C)(C)=O)nc4)cc3n2Cc2c(OC(F)F)cccc2C1=O. The Morgan fingerprint density at radius 2 is 1.86 bits per heavy atom. The summed E-state index contributed by atoms with van der Waals surface area (Å²) >= 11 is 0. The first-order valence-electron chi connectivity index (χ1n) is 11.5. The van der Waals surface area contributed by atoms with Crippen molar-refractivity contribution >= 4 is 24.1 Å². The van der Waals surface area contributed by atoms with Crippen molar-refractivity contribution in [3.63, 3.8) is 0 Å². The molecule has 1 aliphatic rings. The van der Waals surface area contributed by atoms with Crippen LogP contribution in [0, 0.1) is 0 Å². The van der Waals surface area contributed by atoms with E-state index in [0.717, 1.165) is 16.6 Å². The van der Waals surface area contributed by atoms with Crippen LogP contribution in [0.1, 0.15) is 21.7 Å². The molecule has 0 saturated heterocycles. The second-order valence-corrected chi connectivity index (χ2v) is 12.8. The van der Waals surface area contributed by atoms with Crippen LogP contribution in [0.5, 0.6) is 11.6 Å². The lowest BCUT2D eigenvalue weighted by Crippen LogP contribution is -2.31. The number of nitrogens with zero attached hydrogens (tertiary/aromatic N) is 4. The fraction of sp³-hybridized carbons (Fsp3) is 0.269. The summed E-state index contributed by atoms with van der Waals surface area (Å²) in [6.45, 7) is 0.695. The van der Waals surface area contributed by atoms with Crippen LogP contribution < -0.4 is 9.47 Å². The van der Waals surface area contributed by atoms with Crippen molar-refractivity contribution in [1.82, 2.24) is 19.4 Å². The number of alkyl halides is 2. The van der Waals surface area contributed by atoms with Gasteiger partial charge in [0.15, 0.2) is 0 Å². The maximum Gasteiger partial charge on any atom is 0.387 e. The first kappa shape index (κ1) is 24.9. The number of fused-ring (bicyclic) bond motifs is 4. The Balaban J connectivity index is 1.55. The molecule has 4 aromatic rings. The molecule has 0 radical (unpaired) electrons. The monoisotopic (exact) mass is 526 g/mol. The van der Waals surface area contributed by atoms with Gasteiger partial charge in [0.1, 0.15) is 25.1 Å². The van der Waals surface area contributed by atoms with Crippen molar-refractivity contribution in [3.8, 4) is 22.8 Å². The lowest BCUT2D eigenvalue weighted by molar-refractivity contribution is -0.0505. The molecular formula is C26H25F2N4O4P. The van der Waals surface area contributed by atoms with Crippen molar-refractivity contribution in [3.05, 3.63) is 71.7 Å². The molecule has 2 aromatic heterocycles. The van der Waals surface area contributed by atoms with Gasteiger partial charge in [0.05, 0.1) is 24.1 Å². The molecule has 3 heterocycles. The minimum absolute atomic E-state index is 0.0383. The topological polar surface area (TPSA) is 86.6 Å². The molecule has 5 rings (SSSR count). The van der Waals surface area contributed by atoms with Crippen molar-refractivity contribution in [2.45, 2.75) is 19.7 Å². The first-order chi connectivity index (χ1) is 17.6. The summed E-state index contributed by atoms with van der Waals surface area (Å²) in [5.74, 6) is 0.693. The normalized spacial score (nSPS) is 13.8. The van der Waals surface area contributed by atoms with Crippen molar-refractivity contribution in [2.24, 2.45) is 0 Å². The van der Waals surface area contributed by atoms with E-state index in [1.165, 1.54) is 17.0 Å². The van der Waals surface area contributed by atoms with Crippen molar-refractivity contribution < 1.29 is 27.6 Å². The number of imidazole rings is 1. The number of hydrogen-bond acceptors (Lipinski definition) is 6. The third-order valence-corrected chi connectivity index (χ3v) is 6.79. The number of rotatable bonds is 6. The van der Waals surface area contributed by atoms with Gasteiger partial charge in [0.2, 0.25) is 5.88 Å². The predicted octanol–water partition coefficient (Wildman–Crippen LogP) is 5.29. The predicted molar refractivity (Wildman–Crippen MR) is 136 cm³/mol. The molecular weight excluding hydrogens is 501 g/mol. The summed E-state index contributed by atoms with van der Waals surface area (Å²) in [5.41, 5.74) is 3.89. The highest BCUT2D eigenvalue weighted by molar-refractivity contribution is 7.62. The maximum absolute atomic E-state index is 13.1. The van der Waals surface area contributed by atoms with Gasteiger partial charge in [0, 0.05) is 36.0 Å². The molecule has 2 aromatic carbocycles. The Morgan fingerprint density at radius 1 is 1.08 bits per heavy atom. The zero-order valence-electron chi connectivity index (χ0n) is 20.5. The minimum Gasteiger partial charge on any atom is -0.470 e. The van der Waals surface area contributed by atoms with Crippen LogP contribution in [0.2, 0.25) is 0 Å². The largest absolute Gasteiger partial charge is 0.470 e. The van der Waals surface area contributed by atoms with Gasteiger partial charge < -0.3 is 23.5 Å². The Morgan fingerprint density at radius 3 is 2.57 bits per heavy atom. The molecule has 37 heavy (non-hydrogen) atoms. The number of carbonyl (C=O) groups excluding carboxylic acids is 1. The standard InChI is InChI=1S/C26H25F2N4O4P/c1-31-14-23-30-20-9-7-16(17-8-10-24(29-12-17)35-15-37(2,3)34)11-21(20)32(23)13-19-18(25(31)33)5-4-6-22(19)36-26(27)28/h4-12,26H,13-15H2,1-3H3. The third kappa shape index (κ3) is 5.20. The van der Waals surface area contributed by atoms with Crippen LogP contribution in [0.25, 0.3) is 22.2 Å². The Kier molecular flexibility index (Phi) is 6.45. The van der Waals surface area contributed by atoms with E-state index in [-0.39, 0.29) is 31.1 Å². The highest BCUT2D eigenvalue weighted by Crippen LogP contribution is 2.36. The number of aromatic nitrogens is 3. The number of ether oxygens (including phenoxy) is 2. The Bertz CT molecular complexity index is 1530. The van der Waals surface area contributed by atoms with E-state index in [1.807, 2.05) is 28.8 Å². The Hall–Kier alpha value is -3.78. The number of amides is 1. The zero-order chi connectivity index (χ0) is 26.3. The van der Waals surface area contributed by atoms with Crippen LogP contribution >= 0.6 is 7.14 Å². The molecule has 11 heteroatoms. The second-order valence-electron chi connectivity index (χ2n) is 9.37. The number of halogens is 2. The van der Waals surface area contributed by atoms with Crippen molar-refractivity contribution in [2.75, 3.05) is 26.7 Å². The lowest BCUT2D eigenvalue weighted by Gasteiger charge is -2.25. The summed E-state index contributed by atoms with van der Waals surface area (Å²) in [6.07, 6.45) is 1.79. The molecule has 192 valence electrons. The van der Waals surface area contributed by atoms with Gasteiger partial charge in [0.25, 0.3) is 5.91 Å². The van der Waals surface area contributed by atoms with E-state index in [9.17, 15) is 18.1 Å². The van der Waals surface area contributed by atoms with Gasteiger partial charge in [-0.25, -0.2) is 9.97 Å². The van der Waals surface area contributed by atoms with Crippen LogP contribution in [-0.2, 0) is 17.7 Å². The van der Waals surface area contributed by atoms with Crippen LogP contribution in [-0.4, -0.2) is 58.7 Å². The van der Waals surface area contributed by atoms with Gasteiger partial charge in [-0.3, -0.25) is 4.79 Å². The van der Waals surface area contributed by atoms with Gasteiger partial charge >= 0.3 is 6.61 Å². The summed E-state index contributed by atoms with van der Waals surface area (Å²) in [6, 6.07) is 13.9. The maximum atomic E-state index is 13.1. The highest BCUT2D eigenvalue weighted by Gasteiger charge is 2.26. The molecule has 1 aliphatic heterocycles. The highest BCUT2D eigenvalue weighted by atomic mass is 31.2. The summed E-state index contributed by atoms with van der Waals surface area (Å²) in [7, 11) is -0.678. The molecule has 0 fully saturated rings. The second kappa shape index (κ2) is 9.59. The molecule has 0 saturated carbocycles. The van der Waals surface area contributed by atoms with Gasteiger partial charge in [-0.05, 0) is 49.2 Å². The van der Waals surface area contributed by atoms with E-state index in [0.29, 0.717) is 28.3 Å². The number of carbonyl (C=O) groups is 1.